The summed E-state index contributed by atoms with van der Waals surface area (Å²) in [5.41, 5.74) is -2.64. The van der Waals surface area contributed by atoms with Crippen molar-refractivity contribution in [3.63, 3.8) is 0 Å². The van der Waals surface area contributed by atoms with Gasteiger partial charge in [0.2, 0.25) is 0 Å². The van der Waals surface area contributed by atoms with Gasteiger partial charge in [-0.05, 0) is 12.8 Å². The summed E-state index contributed by atoms with van der Waals surface area (Å²) in [5, 5.41) is 12.0. The largest absolute Gasteiger partial charge is 0.481 e. The van der Waals surface area contributed by atoms with Crippen LogP contribution in [0.4, 0.5) is 4.39 Å². The molecule has 2 fully saturated rings. The van der Waals surface area contributed by atoms with Crippen molar-refractivity contribution in [3.05, 3.63) is 0 Å². The zero-order valence-electron chi connectivity index (χ0n) is 7.48. The quantitative estimate of drug-likeness (QED) is 0.642. The highest BCUT2D eigenvalue weighted by molar-refractivity contribution is 5.77. The van der Waals surface area contributed by atoms with E-state index in [2.05, 4.69) is 5.32 Å². The maximum absolute atomic E-state index is 14.2. The van der Waals surface area contributed by atoms with Gasteiger partial charge in [-0.15, -0.1) is 0 Å². The molecule has 0 spiro atoms. The lowest BCUT2D eigenvalue weighted by atomic mass is 9.66. The number of halogens is 1. The van der Waals surface area contributed by atoms with Crippen molar-refractivity contribution in [2.45, 2.75) is 31.4 Å². The number of rotatable bonds is 1. The van der Waals surface area contributed by atoms with E-state index in [1.165, 1.54) is 0 Å². The zero-order chi connectivity index (χ0) is 9.53. The molecule has 1 saturated carbocycles. The summed E-state index contributed by atoms with van der Waals surface area (Å²) in [6.07, 6.45) is 2.52. The van der Waals surface area contributed by atoms with Crippen LogP contribution in [0.3, 0.4) is 0 Å². The summed E-state index contributed by atoms with van der Waals surface area (Å²) < 4.78 is 14.2. The fourth-order valence-electron chi connectivity index (χ4n) is 2.65. The molecule has 1 aliphatic heterocycles. The number of carboxylic acids is 1. The van der Waals surface area contributed by atoms with Crippen LogP contribution in [0.25, 0.3) is 0 Å². The van der Waals surface area contributed by atoms with Crippen molar-refractivity contribution in [2.24, 2.45) is 5.41 Å². The normalized spacial score (nSPS) is 44.4. The van der Waals surface area contributed by atoms with E-state index >= 15 is 0 Å². The van der Waals surface area contributed by atoms with Gasteiger partial charge in [-0.2, -0.15) is 0 Å². The van der Waals surface area contributed by atoms with Crippen molar-refractivity contribution in [3.8, 4) is 0 Å². The van der Waals surface area contributed by atoms with E-state index in [9.17, 15) is 9.18 Å². The second kappa shape index (κ2) is 2.67. The predicted molar refractivity (Wildman–Crippen MR) is 45.2 cm³/mol. The van der Waals surface area contributed by atoms with Gasteiger partial charge in [0.15, 0.2) is 0 Å². The Balaban J connectivity index is 2.35. The van der Waals surface area contributed by atoms with E-state index in [0.29, 0.717) is 19.4 Å². The molecule has 2 rings (SSSR count). The summed E-state index contributed by atoms with van der Waals surface area (Å²) in [7, 11) is 0. The van der Waals surface area contributed by atoms with Gasteiger partial charge in [0, 0.05) is 13.1 Å². The maximum Gasteiger partial charge on any atom is 0.314 e. The average Bonchev–Trinajstić information content (AvgIpc) is 2.42. The van der Waals surface area contributed by atoms with Crippen LogP contribution >= 0.6 is 0 Å². The van der Waals surface area contributed by atoms with Crippen molar-refractivity contribution in [1.29, 1.82) is 0 Å². The molecule has 1 aliphatic carbocycles. The first-order chi connectivity index (χ1) is 6.11. The first kappa shape index (κ1) is 8.94. The minimum absolute atomic E-state index is 0.208. The third kappa shape index (κ3) is 1.01. The topological polar surface area (TPSA) is 49.3 Å². The van der Waals surface area contributed by atoms with Crippen molar-refractivity contribution < 1.29 is 14.3 Å². The van der Waals surface area contributed by atoms with Gasteiger partial charge >= 0.3 is 5.97 Å². The Morgan fingerprint density at radius 3 is 2.62 bits per heavy atom. The number of hydrogen-bond donors (Lipinski definition) is 2. The van der Waals surface area contributed by atoms with Crippen LogP contribution in [-0.2, 0) is 4.79 Å². The molecule has 0 radical (unpaired) electrons. The molecule has 0 amide bonds. The highest BCUT2D eigenvalue weighted by atomic mass is 19.1. The number of hydrogen-bond acceptors (Lipinski definition) is 2. The number of carboxylic acid groups (broad SMARTS) is 1. The van der Waals surface area contributed by atoms with Crippen molar-refractivity contribution in [2.75, 3.05) is 13.1 Å². The summed E-state index contributed by atoms with van der Waals surface area (Å²) in [6.45, 7) is 0.498. The number of carbonyl (C=O) groups is 1. The molecule has 4 heteroatoms. The molecule has 74 valence electrons. The summed E-state index contributed by atoms with van der Waals surface area (Å²) in [5.74, 6) is -0.973. The third-order valence-corrected chi connectivity index (χ3v) is 3.53. The first-order valence-corrected chi connectivity index (χ1v) is 4.74. The Bertz CT molecular complexity index is 246. The fraction of sp³-hybridized carbons (Fsp3) is 0.889. The SMILES string of the molecule is O=C(O)[C@@]12CCCC[C@]1(F)CNC2. The van der Waals surface area contributed by atoms with Gasteiger partial charge in [0.05, 0.1) is 0 Å². The molecule has 0 aromatic rings. The highest BCUT2D eigenvalue weighted by Crippen LogP contribution is 2.49. The number of aliphatic carboxylic acids is 1. The Morgan fingerprint density at radius 2 is 2.00 bits per heavy atom. The van der Waals surface area contributed by atoms with E-state index < -0.39 is 17.1 Å². The number of alkyl halides is 1. The lowest BCUT2D eigenvalue weighted by molar-refractivity contribution is -0.159. The third-order valence-electron chi connectivity index (χ3n) is 3.53. The van der Waals surface area contributed by atoms with Gasteiger partial charge in [-0.1, -0.05) is 12.8 Å². The molecule has 13 heavy (non-hydrogen) atoms. The maximum atomic E-state index is 14.2. The molecule has 2 aliphatic rings. The Morgan fingerprint density at radius 1 is 1.31 bits per heavy atom. The average molecular weight is 187 g/mol. The zero-order valence-corrected chi connectivity index (χ0v) is 7.48. The van der Waals surface area contributed by atoms with Crippen LogP contribution in [0, 0.1) is 5.41 Å². The van der Waals surface area contributed by atoms with E-state index in [1.807, 2.05) is 0 Å². The monoisotopic (exact) mass is 187 g/mol. The lowest BCUT2D eigenvalue weighted by Crippen LogP contribution is -2.51. The van der Waals surface area contributed by atoms with Gasteiger partial charge in [0.1, 0.15) is 11.1 Å². The molecule has 2 N–H and O–H groups in total. The van der Waals surface area contributed by atoms with Gasteiger partial charge in [0.25, 0.3) is 0 Å². The first-order valence-electron chi connectivity index (χ1n) is 4.74. The second-order valence-electron chi connectivity index (χ2n) is 4.16. The molecule has 0 aromatic carbocycles. The highest BCUT2D eigenvalue weighted by Gasteiger charge is 2.61. The van der Waals surface area contributed by atoms with Crippen LogP contribution in [0.2, 0.25) is 0 Å². The fourth-order valence-corrected chi connectivity index (χ4v) is 2.65. The minimum atomic E-state index is -1.50. The van der Waals surface area contributed by atoms with Crippen LogP contribution in [0.1, 0.15) is 25.7 Å². The molecule has 3 nitrogen and oxygen atoms in total. The van der Waals surface area contributed by atoms with E-state index in [0.717, 1.165) is 12.8 Å². The van der Waals surface area contributed by atoms with E-state index in [-0.39, 0.29) is 6.54 Å². The summed E-state index contributed by atoms with van der Waals surface area (Å²) >= 11 is 0. The van der Waals surface area contributed by atoms with E-state index in [1.54, 1.807) is 0 Å². The van der Waals surface area contributed by atoms with Crippen molar-refractivity contribution in [1.82, 2.24) is 5.32 Å². The van der Waals surface area contributed by atoms with Crippen LogP contribution < -0.4 is 5.32 Å². The van der Waals surface area contributed by atoms with Crippen LogP contribution in [-0.4, -0.2) is 29.8 Å². The Hall–Kier alpha value is -0.640. The summed E-state index contributed by atoms with van der Waals surface area (Å²) in [4.78, 5) is 11.1. The Kier molecular flexibility index (Phi) is 1.84. The molecule has 2 atom stereocenters. The Labute approximate surface area is 76.3 Å². The van der Waals surface area contributed by atoms with Gasteiger partial charge in [-0.3, -0.25) is 4.79 Å². The van der Waals surface area contributed by atoms with Crippen LogP contribution in [0.15, 0.2) is 0 Å². The molecule has 0 aromatic heterocycles. The lowest BCUT2D eigenvalue weighted by Gasteiger charge is -2.39. The van der Waals surface area contributed by atoms with Gasteiger partial charge < -0.3 is 10.4 Å². The smallest absolute Gasteiger partial charge is 0.314 e. The second-order valence-corrected chi connectivity index (χ2v) is 4.16. The van der Waals surface area contributed by atoms with Crippen LogP contribution in [0.5, 0.6) is 0 Å². The molecule has 1 heterocycles. The molecular weight excluding hydrogens is 173 g/mol. The minimum Gasteiger partial charge on any atom is -0.481 e. The summed E-state index contributed by atoms with van der Waals surface area (Å²) in [6, 6.07) is 0. The number of nitrogens with one attached hydrogen (secondary N) is 1. The predicted octanol–water partition coefficient (Wildman–Crippen LogP) is 0.943. The molecular formula is C9H14FNO2. The molecule has 1 saturated heterocycles. The molecule has 0 bridgehead atoms. The van der Waals surface area contributed by atoms with E-state index in [4.69, 9.17) is 5.11 Å². The molecule has 0 unspecified atom stereocenters. The van der Waals surface area contributed by atoms with Gasteiger partial charge in [-0.25, -0.2) is 4.39 Å². The number of fused-ring (bicyclic) bond motifs is 1. The van der Waals surface area contributed by atoms with Crippen molar-refractivity contribution >= 4 is 5.97 Å². The standard InChI is InChI=1S/C9H14FNO2/c10-9-4-2-1-3-8(9,7(12)13)5-11-6-9/h11H,1-6H2,(H,12,13)/t8-,9-/m0/s1.